The van der Waals surface area contributed by atoms with Crippen molar-refractivity contribution in [1.29, 1.82) is 0 Å². The fraction of sp³-hybridized carbons (Fsp3) is 0.231. The Labute approximate surface area is 202 Å². The first kappa shape index (κ1) is 23.6. The van der Waals surface area contributed by atoms with E-state index in [0.717, 1.165) is 46.4 Å². The monoisotopic (exact) mass is 465 g/mol. The molecule has 1 unspecified atom stereocenters. The highest BCUT2D eigenvalue weighted by Gasteiger charge is 2.27. The summed E-state index contributed by atoms with van der Waals surface area (Å²) in [5.41, 5.74) is 24.6. The second-order valence-electron chi connectivity index (χ2n) is 8.21. The lowest BCUT2D eigenvalue weighted by Crippen LogP contribution is -2.18. The van der Waals surface area contributed by atoms with Crippen molar-refractivity contribution in [2.45, 2.75) is 26.2 Å². The van der Waals surface area contributed by atoms with Gasteiger partial charge in [-0.1, -0.05) is 58.8 Å². The number of fused-ring (bicyclic) bond motifs is 1. The van der Waals surface area contributed by atoms with Crippen LogP contribution < -0.4 is 0 Å². The maximum atomic E-state index is 11.3. The molecule has 0 radical (unpaired) electrons. The molecule has 9 nitrogen and oxygen atoms in total. The van der Waals surface area contributed by atoms with Gasteiger partial charge in [0.15, 0.2) is 0 Å². The highest BCUT2D eigenvalue weighted by Crippen LogP contribution is 2.42. The molecule has 1 heterocycles. The number of nitrogens with zero attached hydrogens (tertiary/aromatic N) is 7. The van der Waals surface area contributed by atoms with Gasteiger partial charge >= 0.3 is 5.97 Å². The van der Waals surface area contributed by atoms with E-state index in [-0.39, 0.29) is 11.9 Å². The van der Waals surface area contributed by atoms with E-state index >= 15 is 0 Å². The Balaban J connectivity index is 1.85. The van der Waals surface area contributed by atoms with Crippen molar-refractivity contribution in [3.63, 3.8) is 0 Å². The second kappa shape index (κ2) is 11.0. The zero-order chi connectivity index (χ0) is 24.6. The molecule has 4 rings (SSSR count). The molecule has 1 atom stereocenters. The minimum absolute atomic E-state index is 0.203. The fourth-order valence-electron chi connectivity index (χ4n) is 4.47. The fourth-order valence-corrected chi connectivity index (χ4v) is 4.47. The van der Waals surface area contributed by atoms with Crippen molar-refractivity contribution in [3.8, 4) is 11.1 Å². The number of carbonyl (C=O) groups excluding carboxylic acids is 1. The van der Waals surface area contributed by atoms with Gasteiger partial charge in [0, 0.05) is 34.3 Å². The second-order valence-corrected chi connectivity index (χ2v) is 8.21. The number of ether oxygens (including phenoxy) is 1. The number of hydrogen-bond donors (Lipinski definition) is 0. The van der Waals surface area contributed by atoms with Crippen LogP contribution in [-0.2, 0) is 16.0 Å². The van der Waals surface area contributed by atoms with Crippen molar-refractivity contribution in [1.82, 2.24) is 4.98 Å². The summed E-state index contributed by atoms with van der Waals surface area (Å²) >= 11 is 0. The van der Waals surface area contributed by atoms with Crippen molar-refractivity contribution < 1.29 is 9.53 Å². The lowest BCUT2D eigenvalue weighted by atomic mass is 9.78. The Morgan fingerprint density at radius 1 is 1.03 bits per heavy atom. The molecule has 9 heteroatoms. The quantitative estimate of drug-likeness (QED) is 0.153. The molecule has 174 valence electrons. The summed E-state index contributed by atoms with van der Waals surface area (Å²) in [5.74, 6) is -0.0970. The van der Waals surface area contributed by atoms with Gasteiger partial charge in [-0.25, -0.2) is 0 Å². The lowest BCUT2D eigenvalue weighted by molar-refractivity contribution is -0.141. The number of azide groups is 2. The highest BCUT2D eigenvalue weighted by atomic mass is 16.5. The van der Waals surface area contributed by atoms with Crippen molar-refractivity contribution in [2.75, 3.05) is 6.61 Å². The zero-order valence-corrected chi connectivity index (χ0v) is 19.2. The van der Waals surface area contributed by atoms with Crippen LogP contribution in [0.4, 0.5) is 11.4 Å². The first-order valence-electron chi connectivity index (χ1n) is 11.2. The van der Waals surface area contributed by atoms with Crippen LogP contribution in [0, 0.1) is 5.92 Å². The van der Waals surface area contributed by atoms with Gasteiger partial charge in [-0.15, -0.1) is 0 Å². The molecule has 0 fully saturated rings. The third kappa shape index (κ3) is 5.50. The van der Waals surface area contributed by atoms with Crippen molar-refractivity contribution in [2.24, 2.45) is 16.1 Å². The van der Waals surface area contributed by atoms with E-state index in [1.165, 1.54) is 6.92 Å². The van der Waals surface area contributed by atoms with Gasteiger partial charge < -0.3 is 4.74 Å². The number of aromatic nitrogens is 1. The Morgan fingerprint density at radius 2 is 1.74 bits per heavy atom. The van der Waals surface area contributed by atoms with Crippen LogP contribution in [0.15, 0.2) is 71.0 Å². The summed E-state index contributed by atoms with van der Waals surface area (Å²) in [6.07, 6.45) is 5.93. The predicted octanol–water partition coefficient (Wildman–Crippen LogP) is 7.69. The molecule has 1 aromatic heterocycles. The molecule has 0 spiro atoms. The molecule has 1 aliphatic carbocycles. The van der Waals surface area contributed by atoms with Crippen molar-refractivity contribution >= 4 is 29.0 Å². The third-order valence-corrected chi connectivity index (χ3v) is 5.96. The molecule has 0 N–H and O–H groups in total. The molecule has 1 aliphatic rings. The molecule has 0 aliphatic heterocycles. The van der Waals surface area contributed by atoms with E-state index < -0.39 is 0 Å². The Hall–Kier alpha value is -4.58. The molecular formula is C26H23N7O2. The number of carbonyl (C=O) groups is 1. The number of pyridine rings is 1. The minimum Gasteiger partial charge on any atom is -0.466 e. The normalized spacial score (nSPS) is 15.5. The highest BCUT2D eigenvalue weighted by molar-refractivity contribution is 5.89. The number of rotatable bonds is 7. The lowest BCUT2D eigenvalue weighted by Gasteiger charge is -2.28. The smallest absolute Gasteiger partial charge is 0.302 e. The molecule has 0 amide bonds. The van der Waals surface area contributed by atoms with Gasteiger partial charge in [-0.3, -0.25) is 9.78 Å². The molecule has 2 aromatic carbocycles. The molecular weight excluding hydrogens is 442 g/mol. The van der Waals surface area contributed by atoms with E-state index in [1.54, 1.807) is 18.3 Å². The Kier molecular flexibility index (Phi) is 7.43. The van der Waals surface area contributed by atoms with E-state index in [1.807, 2.05) is 48.5 Å². The van der Waals surface area contributed by atoms with Gasteiger partial charge in [-0.05, 0) is 76.2 Å². The third-order valence-electron chi connectivity index (χ3n) is 5.96. The summed E-state index contributed by atoms with van der Waals surface area (Å²) in [4.78, 5) is 22.0. The Bertz CT molecular complexity index is 1390. The van der Waals surface area contributed by atoms with E-state index in [2.05, 4.69) is 20.1 Å². The summed E-state index contributed by atoms with van der Waals surface area (Å²) in [6, 6.07) is 16.8. The first-order valence-corrected chi connectivity index (χ1v) is 11.2. The van der Waals surface area contributed by atoms with Gasteiger partial charge in [-0.2, -0.15) is 0 Å². The molecule has 35 heavy (non-hydrogen) atoms. The number of esters is 1. The summed E-state index contributed by atoms with van der Waals surface area (Å²) in [6.45, 7) is 1.74. The van der Waals surface area contributed by atoms with E-state index in [4.69, 9.17) is 20.8 Å². The Morgan fingerprint density at radius 3 is 2.51 bits per heavy atom. The van der Waals surface area contributed by atoms with Gasteiger partial charge in [0.25, 0.3) is 0 Å². The minimum atomic E-state index is -0.300. The SMILES string of the molecule is CC(=O)OCCC1C/C(=C/c2ccccc2N=[N+]=[N-])c2nccc(-c3ccccc3N=[N+]=[N-])c2C1. The van der Waals surface area contributed by atoms with Gasteiger partial charge in [0.2, 0.25) is 0 Å². The number of benzene rings is 2. The summed E-state index contributed by atoms with van der Waals surface area (Å²) in [7, 11) is 0. The average molecular weight is 466 g/mol. The van der Waals surface area contributed by atoms with E-state index in [9.17, 15) is 4.79 Å². The van der Waals surface area contributed by atoms with Crippen LogP contribution in [0.3, 0.4) is 0 Å². The zero-order valence-electron chi connectivity index (χ0n) is 19.2. The molecule has 3 aromatic rings. The van der Waals surface area contributed by atoms with Crippen LogP contribution in [0.5, 0.6) is 0 Å². The largest absolute Gasteiger partial charge is 0.466 e. The van der Waals surface area contributed by atoms with E-state index in [0.29, 0.717) is 24.4 Å². The maximum absolute atomic E-state index is 11.3. The maximum Gasteiger partial charge on any atom is 0.302 e. The van der Waals surface area contributed by atoms with Crippen LogP contribution in [0.2, 0.25) is 0 Å². The van der Waals surface area contributed by atoms with Crippen LogP contribution >= 0.6 is 0 Å². The van der Waals surface area contributed by atoms with Gasteiger partial charge in [0.1, 0.15) is 0 Å². The number of allylic oxidation sites excluding steroid dienone is 1. The van der Waals surface area contributed by atoms with Crippen LogP contribution in [0.25, 0.3) is 43.7 Å². The molecule has 0 saturated heterocycles. The molecule has 0 bridgehead atoms. The number of hydrogen-bond acceptors (Lipinski definition) is 5. The van der Waals surface area contributed by atoms with Crippen LogP contribution in [0.1, 0.15) is 36.6 Å². The van der Waals surface area contributed by atoms with Crippen LogP contribution in [-0.4, -0.2) is 17.6 Å². The van der Waals surface area contributed by atoms with Gasteiger partial charge in [0.05, 0.1) is 12.3 Å². The average Bonchev–Trinajstić information content (AvgIpc) is 2.85. The topological polar surface area (TPSA) is 137 Å². The summed E-state index contributed by atoms with van der Waals surface area (Å²) in [5, 5.41) is 7.71. The summed E-state index contributed by atoms with van der Waals surface area (Å²) < 4.78 is 5.22. The van der Waals surface area contributed by atoms with Crippen molar-refractivity contribution in [3.05, 3.63) is 98.5 Å². The first-order chi connectivity index (χ1) is 17.1. The molecule has 0 saturated carbocycles. The standard InChI is InChI=1S/C26H23N7O2/c1-17(34)35-13-11-18-14-20(16-19-6-2-4-8-24(19)30-32-27)26-23(15-18)21(10-12-29-26)22-7-3-5-9-25(22)31-33-28/h2-10,12,16,18H,11,13-15H2,1H3/b20-16-. The predicted molar refractivity (Wildman–Crippen MR) is 135 cm³/mol.